The second kappa shape index (κ2) is 10.3. The van der Waals surface area contributed by atoms with Crippen molar-refractivity contribution >= 4 is 38.2 Å². The number of ether oxygens (including phenoxy) is 2. The average molecular weight is 528 g/mol. The fourth-order valence-corrected chi connectivity index (χ4v) is 4.03. The third kappa shape index (κ3) is 5.89. The van der Waals surface area contributed by atoms with Crippen molar-refractivity contribution in [3.05, 3.63) is 77.6 Å². The molecule has 0 unspecified atom stereocenters. The van der Waals surface area contributed by atoms with Crippen molar-refractivity contribution in [1.82, 2.24) is 0 Å². The van der Waals surface area contributed by atoms with Crippen molar-refractivity contribution in [1.29, 1.82) is 0 Å². The molecule has 0 aliphatic heterocycles. The number of carbonyl (C=O) groups excluding carboxylic acids is 1. The largest absolute Gasteiger partial charge is 0.497 e. The van der Waals surface area contributed by atoms with Crippen LogP contribution in [0.25, 0.3) is 22.3 Å². The number of halogens is 1. The second-order valence-electron chi connectivity index (χ2n) is 8.15. The van der Waals surface area contributed by atoms with Crippen LogP contribution < -0.4 is 14.8 Å². The van der Waals surface area contributed by atoms with Gasteiger partial charge in [-0.3, -0.25) is 4.79 Å². The van der Waals surface area contributed by atoms with Crippen LogP contribution in [0.2, 0.25) is 0 Å². The van der Waals surface area contributed by atoms with Gasteiger partial charge in [0, 0.05) is 28.8 Å². The molecule has 2 N–H and O–H groups in total. The molecule has 4 aromatic rings. The first kappa shape index (κ1) is 25.7. The fraction of sp³-hybridized carbons (Fsp3) is 0.154. The number of sulfone groups is 1. The summed E-state index contributed by atoms with van der Waals surface area (Å²) in [6.45, 7) is -0.406. The number of hydrogen-bond donors (Lipinski definition) is 2. The van der Waals surface area contributed by atoms with E-state index in [9.17, 15) is 27.5 Å². The molecule has 0 atom stereocenters. The molecule has 11 heteroatoms. The highest BCUT2D eigenvalue weighted by Crippen LogP contribution is 2.39. The number of methoxy groups -OCH3 is 1. The van der Waals surface area contributed by atoms with E-state index in [0.29, 0.717) is 16.9 Å². The van der Waals surface area contributed by atoms with E-state index in [-0.39, 0.29) is 39.5 Å². The molecule has 0 saturated heterocycles. The lowest BCUT2D eigenvalue weighted by Gasteiger charge is -2.13. The number of benzene rings is 3. The maximum atomic E-state index is 13.4. The molecule has 0 saturated carbocycles. The van der Waals surface area contributed by atoms with E-state index in [1.165, 1.54) is 43.5 Å². The lowest BCUT2D eigenvalue weighted by Crippen LogP contribution is -2.15. The molecule has 0 radical (unpaired) electrons. The predicted octanol–water partition coefficient (Wildman–Crippen LogP) is 4.62. The molecule has 1 aromatic heterocycles. The summed E-state index contributed by atoms with van der Waals surface area (Å²) in [6.07, 6.45) is 1.04. The van der Waals surface area contributed by atoms with Crippen molar-refractivity contribution in [2.24, 2.45) is 0 Å². The van der Waals surface area contributed by atoms with Crippen LogP contribution in [0.15, 0.2) is 65.1 Å². The highest BCUT2D eigenvalue weighted by Gasteiger charge is 2.24. The highest BCUT2D eigenvalue weighted by molar-refractivity contribution is 7.90. The highest BCUT2D eigenvalue weighted by atomic mass is 32.2. The molecule has 192 valence electrons. The Morgan fingerprint density at radius 2 is 1.73 bits per heavy atom. The number of hydrogen-bond acceptors (Lipinski definition) is 8. The average Bonchev–Trinajstić information content (AvgIpc) is 3.24. The van der Waals surface area contributed by atoms with Gasteiger partial charge in [0.25, 0.3) is 0 Å². The minimum Gasteiger partial charge on any atom is -0.497 e. The zero-order valence-electron chi connectivity index (χ0n) is 19.8. The zero-order chi connectivity index (χ0) is 26.7. The topological polar surface area (TPSA) is 132 Å². The number of ketones is 1. The number of fused-ring (bicyclic) bond motifs is 1. The van der Waals surface area contributed by atoms with Gasteiger partial charge in [-0.15, -0.1) is 0 Å². The van der Waals surface area contributed by atoms with Crippen molar-refractivity contribution in [3.8, 4) is 22.8 Å². The number of carboxylic acids is 1. The number of nitrogens with one attached hydrogen (secondary N) is 1. The monoisotopic (exact) mass is 527 g/mol. The number of Topliss-reactive ketones (excluding diaryl/α,β-unsaturated/α-hetero) is 1. The number of aromatic carboxylic acids is 1. The minimum atomic E-state index is -3.44. The van der Waals surface area contributed by atoms with Gasteiger partial charge < -0.3 is 24.3 Å². The van der Waals surface area contributed by atoms with Gasteiger partial charge in [-0.2, -0.15) is 0 Å². The molecule has 0 aliphatic rings. The van der Waals surface area contributed by atoms with Crippen LogP contribution in [0.1, 0.15) is 20.7 Å². The Morgan fingerprint density at radius 1 is 1.05 bits per heavy atom. The van der Waals surface area contributed by atoms with Crippen LogP contribution in [0.3, 0.4) is 0 Å². The minimum absolute atomic E-state index is 0.0111. The summed E-state index contributed by atoms with van der Waals surface area (Å²) in [5, 5.41) is 12.8. The molecule has 3 aromatic carbocycles. The Bertz CT molecular complexity index is 1580. The van der Waals surface area contributed by atoms with E-state index < -0.39 is 34.1 Å². The molecular weight excluding hydrogens is 505 g/mol. The summed E-state index contributed by atoms with van der Waals surface area (Å²) >= 11 is 0. The standard InChI is InChI=1S/C26H22FNO8S/c1-34-18-9-5-15(6-10-18)21(29)13-35-23-11-19-22(12-20(23)28-14-37(2,32)33)36-25(24(19)26(30)31)16-3-7-17(27)8-4-16/h3-12,28H,13-14H2,1-2H3,(H,30,31). The Hall–Kier alpha value is -4.38. The van der Waals surface area contributed by atoms with Gasteiger partial charge >= 0.3 is 5.97 Å². The molecule has 0 amide bonds. The Morgan fingerprint density at radius 3 is 2.32 bits per heavy atom. The van der Waals surface area contributed by atoms with Gasteiger partial charge in [0.1, 0.15) is 40.1 Å². The van der Waals surface area contributed by atoms with Crippen LogP contribution in [0, 0.1) is 5.82 Å². The molecule has 1 heterocycles. The first-order chi connectivity index (χ1) is 17.6. The molecule has 37 heavy (non-hydrogen) atoms. The smallest absolute Gasteiger partial charge is 0.340 e. The third-order valence-electron chi connectivity index (χ3n) is 5.41. The van der Waals surface area contributed by atoms with Gasteiger partial charge in [0.05, 0.1) is 12.8 Å². The summed E-state index contributed by atoms with van der Waals surface area (Å²) < 4.78 is 53.5. The van der Waals surface area contributed by atoms with Crippen LogP contribution >= 0.6 is 0 Å². The van der Waals surface area contributed by atoms with Gasteiger partial charge in [-0.1, -0.05) is 0 Å². The Kier molecular flexibility index (Phi) is 7.16. The van der Waals surface area contributed by atoms with Crippen molar-refractivity contribution < 1.29 is 41.4 Å². The lowest BCUT2D eigenvalue weighted by atomic mass is 10.0. The lowest BCUT2D eigenvalue weighted by molar-refractivity contribution is 0.0698. The first-order valence-electron chi connectivity index (χ1n) is 10.9. The molecule has 4 rings (SSSR count). The SMILES string of the molecule is COc1ccc(C(=O)COc2cc3c(C(=O)O)c(-c4ccc(F)cc4)oc3cc2NCS(C)(=O)=O)cc1. The van der Waals surface area contributed by atoms with E-state index in [0.717, 1.165) is 6.26 Å². The van der Waals surface area contributed by atoms with E-state index in [4.69, 9.17) is 13.9 Å². The molecule has 0 fully saturated rings. The quantitative estimate of drug-likeness (QED) is 0.284. The Balaban J connectivity index is 1.75. The number of rotatable bonds is 10. The molecule has 0 aliphatic carbocycles. The van der Waals surface area contributed by atoms with Gasteiger partial charge in [0.15, 0.2) is 22.2 Å². The fourth-order valence-electron chi connectivity index (χ4n) is 3.61. The van der Waals surface area contributed by atoms with Gasteiger partial charge in [-0.05, 0) is 54.6 Å². The summed E-state index contributed by atoms with van der Waals surface area (Å²) in [6, 6.07) is 14.3. The maximum absolute atomic E-state index is 13.4. The number of carboxylic acid groups (broad SMARTS) is 1. The van der Waals surface area contributed by atoms with E-state index in [1.807, 2.05) is 0 Å². The van der Waals surface area contributed by atoms with Crippen molar-refractivity contribution in [2.75, 3.05) is 31.2 Å². The Labute approximate surface area is 211 Å². The zero-order valence-corrected chi connectivity index (χ0v) is 20.6. The van der Waals surface area contributed by atoms with Crippen LogP contribution in [-0.4, -0.2) is 51.1 Å². The number of carbonyl (C=O) groups is 2. The predicted molar refractivity (Wildman–Crippen MR) is 135 cm³/mol. The van der Waals surface area contributed by atoms with E-state index in [1.54, 1.807) is 24.3 Å². The molecule has 0 spiro atoms. The van der Waals surface area contributed by atoms with Crippen LogP contribution in [0.4, 0.5) is 10.1 Å². The number of furan rings is 1. The van der Waals surface area contributed by atoms with Crippen LogP contribution in [-0.2, 0) is 9.84 Å². The number of anilines is 1. The van der Waals surface area contributed by atoms with Gasteiger partial charge in [-0.25, -0.2) is 17.6 Å². The van der Waals surface area contributed by atoms with Gasteiger partial charge in [0.2, 0.25) is 0 Å². The van der Waals surface area contributed by atoms with Crippen LogP contribution in [0.5, 0.6) is 11.5 Å². The van der Waals surface area contributed by atoms with E-state index in [2.05, 4.69) is 5.32 Å². The first-order valence-corrected chi connectivity index (χ1v) is 12.9. The molecule has 0 bridgehead atoms. The van der Waals surface area contributed by atoms with Crippen molar-refractivity contribution in [2.45, 2.75) is 0 Å². The summed E-state index contributed by atoms with van der Waals surface area (Å²) in [4.78, 5) is 24.8. The second-order valence-corrected chi connectivity index (χ2v) is 10.3. The maximum Gasteiger partial charge on any atom is 0.340 e. The molecule has 9 nitrogen and oxygen atoms in total. The summed E-state index contributed by atoms with van der Waals surface area (Å²) in [5.41, 5.74) is 0.805. The van der Waals surface area contributed by atoms with E-state index >= 15 is 0 Å². The molecular formula is C26H22FNO8S. The summed E-state index contributed by atoms with van der Waals surface area (Å²) in [5.74, 6) is -1.99. The summed E-state index contributed by atoms with van der Waals surface area (Å²) in [7, 11) is -1.94. The normalized spacial score (nSPS) is 11.3. The third-order valence-corrected chi connectivity index (χ3v) is 6.07. The van der Waals surface area contributed by atoms with Crippen molar-refractivity contribution in [3.63, 3.8) is 0 Å².